The lowest BCUT2D eigenvalue weighted by Gasteiger charge is -2.23. The maximum Gasteiger partial charge on any atom is 0.264 e. The first-order chi connectivity index (χ1) is 14.7. The molecule has 0 spiro atoms. The standard InChI is InChI=1S/C22H23ClN4O3S/c1-4-27(17-8-6-5-7-9-17)31(29,30)18-11-12-20(23)19(14-18)22(28)25-16-10-13-21(24-15-16)26(2)3/h5-15H,4H2,1-3H3,(H,25,28). The second-order valence-electron chi connectivity index (χ2n) is 6.90. The third-order valence-electron chi connectivity index (χ3n) is 4.57. The topological polar surface area (TPSA) is 82.6 Å². The van der Waals surface area contributed by atoms with Crippen molar-refractivity contribution >= 4 is 44.7 Å². The minimum absolute atomic E-state index is 0.0196. The van der Waals surface area contributed by atoms with Gasteiger partial charge in [-0.2, -0.15) is 0 Å². The van der Waals surface area contributed by atoms with Crippen molar-refractivity contribution in [3.63, 3.8) is 0 Å². The number of carbonyl (C=O) groups excluding carboxylic acids is 1. The third kappa shape index (κ3) is 4.98. The zero-order chi connectivity index (χ0) is 22.6. The number of nitrogens with zero attached hydrogens (tertiary/aromatic N) is 3. The molecule has 1 heterocycles. The summed E-state index contributed by atoms with van der Waals surface area (Å²) in [4.78, 5) is 18.9. The van der Waals surface area contributed by atoms with Gasteiger partial charge in [0.25, 0.3) is 15.9 Å². The van der Waals surface area contributed by atoms with Gasteiger partial charge in [0, 0.05) is 20.6 Å². The number of benzene rings is 2. The molecule has 1 N–H and O–H groups in total. The van der Waals surface area contributed by atoms with Crippen LogP contribution in [0.4, 0.5) is 17.2 Å². The average molecular weight is 459 g/mol. The fraction of sp³-hybridized carbons (Fsp3) is 0.182. The molecule has 3 aromatic rings. The summed E-state index contributed by atoms with van der Waals surface area (Å²) in [6, 6.07) is 16.4. The average Bonchev–Trinajstić information content (AvgIpc) is 2.75. The van der Waals surface area contributed by atoms with Crippen molar-refractivity contribution in [2.24, 2.45) is 0 Å². The third-order valence-corrected chi connectivity index (χ3v) is 6.79. The smallest absolute Gasteiger partial charge is 0.264 e. The summed E-state index contributed by atoms with van der Waals surface area (Å²) in [6.45, 7) is 1.98. The molecule has 0 aliphatic carbocycles. The monoisotopic (exact) mass is 458 g/mol. The number of rotatable bonds is 7. The largest absolute Gasteiger partial charge is 0.363 e. The number of halogens is 1. The second-order valence-corrected chi connectivity index (χ2v) is 9.17. The summed E-state index contributed by atoms with van der Waals surface area (Å²) >= 11 is 6.21. The molecule has 1 aromatic heterocycles. The number of hydrogen-bond donors (Lipinski definition) is 1. The van der Waals surface area contributed by atoms with E-state index in [-0.39, 0.29) is 22.0 Å². The summed E-state index contributed by atoms with van der Waals surface area (Å²) in [5, 5.41) is 2.86. The van der Waals surface area contributed by atoms with Crippen LogP contribution in [-0.4, -0.2) is 39.9 Å². The highest BCUT2D eigenvalue weighted by molar-refractivity contribution is 7.92. The molecule has 0 bridgehead atoms. The van der Waals surface area contributed by atoms with E-state index in [1.54, 1.807) is 43.3 Å². The van der Waals surface area contributed by atoms with Crippen molar-refractivity contribution < 1.29 is 13.2 Å². The molecule has 9 heteroatoms. The van der Waals surface area contributed by atoms with Gasteiger partial charge in [0.15, 0.2) is 0 Å². The molecular weight excluding hydrogens is 436 g/mol. The molecule has 0 saturated carbocycles. The van der Waals surface area contributed by atoms with E-state index in [1.807, 2.05) is 25.1 Å². The Balaban J connectivity index is 1.91. The van der Waals surface area contributed by atoms with Crippen LogP contribution in [0, 0.1) is 0 Å². The quantitative estimate of drug-likeness (QED) is 0.571. The van der Waals surface area contributed by atoms with Crippen LogP contribution in [0.1, 0.15) is 17.3 Å². The van der Waals surface area contributed by atoms with Crippen molar-refractivity contribution in [3.8, 4) is 0 Å². The Morgan fingerprint density at radius 1 is 1.06 bits per heavy atom. The molecule has 162 valence electrons. The Morgan fingerprint density at radius 2 is 1.77 bits per heavy atom. The lowest BCUT2D eigenvalue weighted by Crippen LogP contribution is -2.31. The van der Waals surface area contributed by atoms with Crippen molar-refractivity contribution in [3.05, 3.63) is 77.4 Å². The minimum Gasteiger partial charge on any atom is -0.363 e. The van der Waals surface area contributed by atoms with E-state index in [0.29, 0.717) is 11.4 Å². The van der Waals surface area contributed by atoms with Gasteiger partial charge in [0.05, 0.1) is 33.1 Å². The van der Waals surface area contributed by atoms with E-state index in [0.717, 1.165) is 5.82 Å². The molecule has 0 radical (unpaired) electrons. The highest BCUT2D eigenvalue weighted by Gasteiger charge is 2.25. The molecule has 2 aromatic carbocycles. The number of para-hydroxylation sites is 1. The highest BCUT2D eigenvalue weighted by atomic mass is 35.5. The van der Waals surface area contributed by atoms with Gasteiger partial charge in [-0.15, -0.1) is 0 Å². The van der Waals surface area contributed by atoms with E-state index in [1.165, 1.54) is 28.7 Å². The van der Waals surface area contributed by atoms with Crippen LogP contribution < -0.4 is 14.5 Å². The van der Waals surface area contributed by atoms with Gasteiger partial charge in [-0.25, -0.2) is 13.4 Å². The van der Waals surface area contributed by atoms with Crippen LogP contribution >= 0.6 is 11.6 Å². The van der Waals surface area contributed by atoms with Crippen molar-refractivity contribution in [2.75, 3.05) is 35.2 Å². The number of anilines is 3. The van der Waals surface area contributed by atoms with E-state index in [2.05, 4.69) is 10.3 Å². The summed E-state index contributed by atoms with van der Waals surface area (Å²) in [6.07, 6.45) is 1.52. The van der Waals surface area contributed by atoms with Crippen molar-refractivity contribution in [2.45, 2.75) is 11.8 Å². The number of hydrogen-bond acceptors (Lipinski definition) is 5. The number of pyridine rings is 1. The lowest BCUT2D eigenvalue weighted by atomic mass is 10.2. The normalized spacial score (nSPS) is 11.1. The summed E-state index contributed by atoms with van der Waals surface area (Å²) in [5.74, 6) is 0.217. The molecule has 0 unspecified atom stereocenters. The fourth-order valence-electron chi connectivity index (χ4n) is 2.97. The zero-order valence-electron chi connectivity index (χ0n) is 17.4. The SMILES string of the molecule is CCN(c1ccccc1)S(=O)(=O)c1ccc(Cl)c(C(=O)Nc2ccc(N(C)C)nc2)c1. The number of amides is 1. The van der Waals surface area contributed by atoms with Crippen LogP contribution in [0.15, 0.2) is 71.8 Å². The molecule has 31 heavy (non-hydrogen) atoms. The number of nitrogens with one attached hydrogen (secondary N) is 1. The number of sulfonamides is 1. The zero-order valence-corrected chi connectivity index (χ0v) is 19.0. The first-order valence-corrected chi connectivity index (χ1v) is 11.4. The van der Waals surface area contributed by atoms with E-state index in [9.17, 15) is 13.2 Å². The maximum absolute atomic E-state index is 13.2. The van der Waals surface area contributed by atoms with Crippen LogP contribution in [0.3, 0.4) is 0 Å². The Hall–Kier alpha value is -3.10. The number of carbonyl (C=O) groups is 1. The van der Waals surface area contributed by atoms with Gasteiger partial charge in [-0.3, -0.25) is 9.10 Å². The number of aromatic nitrogens is 1. The second kappa shape index (κ2) is 9.36. The van der Waals surface area contributed by atoms with E-state index < -0.39 is 15.9 Å². The lowest BCUT2D eigenvalue weighted by molar-refractivity contribution is 0.102. The van der Waals surface area contributed by atoms with Crippen LogP contribution in [0.2, 0.25) is 5.02 Å². The van der Waals surface area contributed by atoms with Gasteiger partial charge in [0.1, 0.15) is 5.82 Å². The molecule has 0 aliphatic heterocycles. The van der Waals surface area contributed by atoms with Gasteiger partial charge < -0.3 is 10.2 Å². The fourth-order valence-corrected chi connectivity index (χ4v) is 4.68. The summed E-state index contributed by atoms with van der Waals surface area (Å²) in [5.41, 5.74) is 1.07. The highest BCUT2D eigenvalue weighted by Crippen LogP contribution is 2.27. The Kier molecular flexibility index (Phi) is 6.82. The van der Waals surface area contributed by atoms with Crippen LogP contribution in [0.25, 0.3) is 0 Å². The first-order valence-electron chi connectivity index (χ1n) is 9.56. The van der Waals surface area contributed by atoms with E-state index >= 15 is 0 Å². The van der Waals surface area contributed by atoms with Crippen molar-refractivity contribution in [1.29, 1.82) is 0 Å². The van der Waals surface area contributed by atoms with Gasteiger partial charge in [-0.05, 0) is 49.4 Å². The Bertz CT molecular complexity index is 1170. The van der Waals surface area contributed by atoms with Crippen LogP contribution in [0.5, 0.6) is 0 Å². The summed E-state index contributed by atoms with van der Waals surface area (Å²) < 4.78 is 27.8. The maximum atomic E-state index is 13.2. The Morgan fingerprint density at radius 3 is 2.35 bits per heavy atom. The molecule has 0 aliphatic rings. The van der Waals surface area contributed by atoms with Gasteiger partial charge in [0.2, 0.25) is 0 Å². The van der Waals surface area contributed by atoms with Crippen molar-refractivity contribution in [1.82, 2.24) is 4.98 Å². The van der Waals surface area contributed by atoms with Crippen LogP contribution in [-0.2, 0) is 10.0 Å². The molecule has 0 saturated heterocycles. The molecule has 0 atom stereocenters. The van der Waals surface area contributed by atoms with Gasteiger partial charge in [-0.1, -0.05) is 29.8 Å². The molecule has 0 fully saturated rings. The Labute approximate surface area is 187 Å². The minimum atomic E-state index is -3.89. The van der Waals surface area contributed by atoms with E-state index in [4.69, 9.17) is 11.6 Å². The first kappa shape index (κ1) is 22.6. The molecular formula is C22H23ClN4O3S. The predicted molar refractivity (Wildman–Crippen MR) is 125 cm³/mol. The summed E-state index contributed by atoms with van der Waals surface area (Å²) in [7, 11) is -0.163. The molecule has 7 nitrogen and oxygen atoms in total. The molecule has 3 rings (SSSR count). The predicted octanol–water partition coefficient (Wildman–Crippen LogP) is 4.27. The molecule has 1 amide bonds. The van der Waals surface area contributed by atoms with Gasteiger partial charge >= 0.3 is 0 Å².